The van der Waals surface area contributed by atoms with Crippen LogP contribution in [0.1, 0.15) is 17.8 Å². The minimum Gasteiger partial charge on any atom is -0.335 e. The normalized spacial score (nSPS) is 15.6. The highest BCUT2D eigenvalue weighted by atomic mass is 35.5. The van der Waals surface area contributed by atoms with Crippen LogP contribution in [-0.4, -0.2) is 49.0 Å². The highest BCUT2D eigenvalue weighted by molar-refractivity contribution is 8.04. The molecule has 0 fully saturated rings. The van der Waals surface area contributed by atoms with Crippen LogP contribution in [0.25, 0.3) is 27.1 Å². The van der Waals surface area contributed by atoms with E-state index in [2.05, 4.69) is 0 Å². The summed E-state index contributed by atoms with van der Waals surface area (Å²) in [6, 6.07) is 17.5. The quantitative estimate of drug-likeness (QED) is 0.167. The average molecular weight is 612 g/mol. The molecule has 3 aromatic carbocycles. The molecule has 0 radical (unpaired) electrons. The first-order valence-corrected chi connectivity index (χ1v) is 17.5. The molecule has 0 bridgehead atoms. The summed E-state index contributed by atoms with van der Waals surface area (Å²) in [6.45, 7) is 0.339. The number of nitrogens with zero attached hydrogens (tertiary/aromatic N) is 2. The van der Waals surface area contributed by atoms with Gasteiger partial charge < -0.3 is 4.90 Å². The van der Waals surface area contributed by atoms with Crippen molar-refractivity contribution in [3.8, 4) is 0 Å². The molecule has 1 aliphatic heterocycles. The van der Waals surface area contributed by atoms with E-state index >= 15 is 0 Å². The van der Waals surface area contributed by atoms with Crippen molar-refractivity contribution in [3.05, 3.63) is 69.7 Å². The predicted molar refractivity (Wildman–Crippen MR) is 156 cm³/mol. The molecule has 0 saturated heterocycles. The number of rotatable bonds is 9. The number of fused-ring (bicyclic) bond motifs is 4. The van der Waals surface area contributed by atoms with E-state index in [1.54, 1.807) is 6.07 Å². The maximum atomic E-state index is 11.4. The average Bonchev–Trinajstić information content (AvgIpc) is 3.35. The zero-order valence-corrected chi connectivity index (χ0v) is 24.0. The van der Waals surface area contributed by atoms with Crippen molar-refractivity contribution >= 4 is 86.8 Å². The number of aryl methyl sites for hydroxylation is 1. The van der Waals surface area contributed by atoms with Crippen molar-refractivity contribution in [3.63, 3.8) is 0 Å². The molecule has 1 atom stereocenters. The minimum atomic E-state index is -4.10. The highest BCUT2D eigenvalue weighted by Crippen LogP contribution is 2.49. The first kappa shape index (κ1) is 27.4. The molecule has 2 heterocycles. The van der Waals surface area contributed by atoms with Gasteiger partial charge >= 0.3 is 0 Å². The van der Waals surface area contributed by atoms with Crippen molar-refractivity contribution in [1.29, 1.82) is 0 Å². The Balaban J connectivity index is 1.59. The fourth-order valence-electron chi connectivity index (χ4n) is 4.45. The van der Waals surface area contributed by atoms with Gasteiger partial charge in [0.05, 0.1) is 22.2 Å². The number of thiazole rings is 1. The lowest BCUT2D eigenvalue weighted by Crippen LogP contribution is -2.21. The zero-order valence-electron chi connectivity index (χ0n) is 19.9. The van der Waals surface area contributed by atoms with Gasteiger partial charge in [-0.1, -0.05) is 47.6 Å². The monoisotopic (exact) mass is 611 g/mol. The van der Waals surface area contributed by atoms with Crippen LogP contribution in [-0.2, 0) is 26.0 Å². The lowest BCUT2D eigenvalue weighted by Gasteiger charge is -2.20. The molecule has 0 saturated carbocycles. The Hall–Kier alpha value is -2.19. The van der Waals surface area contributed by atoms with Gasteiger partial charge in [-0.3, -0.25) is 9.11 Å². The van der Waals surface area contributed by atoms with Crippen LogP contribution in [0.15, 0.2) is 64.5 Å². The summed E-state index contributed by atoms with van der Waals surface area (Å²) in [5.41, 5.74) is 1.70. The molecule has 2 N–H and O–H groups in total. The van der Waals surface area contributed by atoms with E-state index in [-0.39, 0.29) is 24.3 Å². The fourth-order valence-corrected chi connectivity index (χ4v) is 9.15. The van der Waals surface area contributed by atoms with Gasteiger partial charge in [-0.05, 0) is 36.1 Å². The molecule has 0 spiro atoms. The minimum absolute atomic E-state index is 0.208. The molecule has 5 rings (SSSR count). The maximum Gasteiger partial charge on any atom is 0.270 e. The third kappa shape index (κ3) is 6.17. The van der Waals surface area contributed by atoms with Crippen molar-refractivity contribution in [1.82, 2.24) is 4.98 Å². The topological polar surface area (TPSA) is 125 Å². The van der Waals surface area contributed by atoms with Crippen LogP contribution in [0.5, 0.6) is 0 Å². The largest absolute Gasteiger partial charge is 0.335 e. The molecule has 1 unspecified atom stereocenters. The summed E-state index contributed by atoms with van der Waals surface area (Å²) in [4.78, 5) is 7.94. The van der Waals surface area contributed by atoms with Crippen LogP contribution < -0.4 is 4.90 Å². The van der Waals surface area contributed by atoms with Gasteiger partial charge in [0.25, 0.3) is 25.2 Å². The zero-order chi connectivity index (χ0) is 27.1. The maximum absolute atomic E-state index is 11.4. The fraction of sp³-hybridized carbons (Fsp3) is 0.240. The van der Waals surface area contributed by atoms with Crippen LogP contribution in [0.3, 0.4) is 0 Å². The Morgan fingerprint density at radius 3 is 2.47 bits per heavy atom. The van der Waals surface area contributed by atoms with Gasteiger partial charge in [-0.15, -0.1) is 0 Å². The van der Waals surface area contributed by atoms with Gasteiger partial charge in [-0.25, -0.2) is 0 Å². The third-order valence-corrected chi connectivity index (χ3v) is 11.3. The summed E-state index contributed by atoms with van der Waals surface area (Å²) in [5.74, 6) is -0.195. The number of anilines is 1. The molecular formula is C25H24ClN2O6S4+. The van der Waals surface area contributed by atoms with Crippen molar-refractivity contribution in [2.75, 3.05) is 23.0 Å². The second-order valence-corrected chi connectivity index (χ2v) is 15.5. The summed E-state index contributed by atoms with van der Waals surface area (Å²) in [5, 5.41) is 4.22. The Labute approximate surface area is 232 Å². The molecule has 200 valence electrons. The molecular weight excluding hydrogens is 588 g/mol. The molecule has 8 nitrogen and oxygen atoms in total. The Morgan fingerprint density at radius 1 is 0.974 bits per heavy atom. The van der Waals surface area contributed by atoms with Gasteiger partial charge in [0.1, 0.15) is 11.3 Å². The number of halogens is 1. The predicted octanol–water partition coefficient (Wildman–Crippen LogP) is 6.26. The van der Waals surface area contributed by atoms with E-state index in [0.717, 1.165) is 41.6 Å². The smallest absolute Gasteiger partial charge is 0.270 e. The van der Waals surface area contributed by atoms with Crippen molar-refractivity contribution < 1.29 is 25.9 Å². The number of hydrogen-bond acceptors (Lipinski definition) is 7. The standard InChI is InChI=1S/C25H23ClN2O6S4/c26-18-8-9-21-20(15-18)28(11-3-13-37(29,30)31)24(35-21)16-23-27-25-19-6-2-1-5-17(19)7-10-22(25)36(23)12-4-14-38(32,33)34/h1-2,5-10,15-16H,3-4,11-14H2,(H-,29,30,31,32,33,34)/p+1. The van der Waals surface area contributed by atoms with Crippen LogP contribution in [0.4, 0.5) is 5.69 Å². The molecule has 1 aliphatic rings. The first-order valence-electron chi connectivity index (χ1n) is 11.7. The summed E-state index contributed by atoms with van der Waals surface area (Å²) >= 11 is 7.78. The number of aromatic nitrogens is 1. The first-order chi connectivity index (χ1) is 18.0. The van der Waals surface area contributed by atoms with Gasteiger partial charge in [0, 0.05) is 50.9 Å². The van der Waals surface area contributed by atoms with E-state index < -0.39 is 30.7 Å². The molecule has 1 aromatic heterocycles. The molecule has 0 aliphatic carbocycles. The second kappa shape index (κ2) is 10.8. The third-order valence-electron chi connectivity index (χ3n) is 6.08. The van der Waals surface area contributed by atoms with Gasteiger partial charge in [0.15, 0.2) is 0 Å². The van der Waals surface area contributed by atoms with Crippen molar-refractivity contribution in [2.45, 2.75) is 23.5 Å². The lowest BCUT2D eigenvalue weighted by atomic mass is 10.1. The molecule has 4 aromatic rings. The van der Waals surface area contributed by atoms with E-state index in [9.17, 15) is 25.9 Å². The SMILES string of the molecule is O=S(=O)(O)CCCN1C(=Cc2nc3c4ccccc4ccc3[s+]2CCCS(=O)(=O)O)Sc2ccc(Cl)cc21. The number of benzene rings is 3. The highest BCUT2D eigenvalue weighted by Gasteiger charge is 2.29. The van der Waals surface area contributed by atoms with Crippen molar-refractivity contribution in [2.24, 2.45) is 0 Å². The van der Waals surface area contributed by atoms with Crippen LogP contribution >= 0.6 is 33.8 Å². The van der Waals surface area contributed by atoms with Gasteiger partial charge in [0.2, 0.25) is 4.70 Å². The van der Waals surface area contributed by atoms with Crippen LogP contribution in [0, 0.1) is 0 Å². The Morgan fingerprint density at radius 2 is 1.71 bits per heavy atom. The van der Waals surface area contributed by atoms with Crippen LogP contribution in [0.2, 0.25) is 5.02 Å². The second-order valence-electron chi connectivity index (χ2n) is 8.81. The number of thioether (sulfide) groups is 1. The summed E-state index contributed by atoms with van der Waals surface area (Å²) in [7, 11) is -8.72. The summed E-state index contributed by atoms with van der Waals surface area (Å²) in [6.07, 6.45) is 2.45. The Kier molecular flexibility index (Phi) is 7.75. The van der Waals surface area contributed by atoms with E-state index in [0.29, 0.717) is 17.3 Å². The molecule has 13 heteroatoms. The van der Waals surface area contributed by atoms with E-state index in [1.807, 2.05) is 59.5 Å². The Bertz CT molecular complexity index is 1780. The van der Waals surface area contributed by atoms with E-state index in [4.69, 9.17) is 16.6 Å². The van der Waals surface area contributed by atoms with E-state index in [1.165, 1.54) is 11.8 Å². The lowest BCUT2D eigenvalue weighted by molar-refractivity contribution is 0.479. The molecule has 0 amide bonds. The molecule has 38 heavy (non-hydrogen) atoms. The van der Waals surface area contributed by atoms with Gasteiger partial charge in [-0.2, -0.15) is 21.8 Å². The number of hydrogen-bond donors (Lipinski definition) is 2. The summed E-state index contributed by atoms with van der Waals surface area (Å²) < 4.78 is 64.9.